The number of ketones is 1. The van der Waals surface area contributed by atoms with Gasteiger partial charge in [-0.25, -0.2) is 0 Å². The Morgan fingerprint density at radius 1 is 1.67 bits per heavy atom. The van der Waals surface area contributed by atoms with Gasteiger partial charge in [0.05, 0.1) is 5.71 Å². The summed E-state index contributed by atoms with van der Waals surface area (Å²) in [6.45, 7) is 1.54. The molecule has 0 aliphatic carbocycles. The summed E-state index contributed by atoms with van der Waals surface area (Å²) in [6.07, 6.45) is 1.95. The number of carbonyl (C=O) groups is 1. The molecule has 0 unspecified atom stereocenters. The Hall–Kier alpha value is -0.310. The molecular formula is C6H11NOS. The van der Waals surface area contributed by atoms with Gasteiger partial charge < -0.3 is 0 Å². The molecule has 0 rings (SSSR count). The predicted octanol–water partition coefficient (Wildman–Crippen LogP) is 1.01. The maximum Gasteiger partial charge on any atom is 0.174 e. The first-order chi connectivity index (χ1) is 4.22. The zero-order valence-corrected chi connectivity index (χ0v) is 6.79. The molecule has 9 heavy (non-hydrogen) atoms. The van der Waals surface area contributed by atoms with Gasteiger partial charge in [-0.3, -0.25) is 9.79 Å². The number of hydrogen-bond acceptors (Lipinski definition) is 3. The Morgan fingerprint density at radius 3 is 2.33 bits per heavy atom. The number of Topliss-reactive ketones (excluding diaryl/α,β-unsaturated/α-hetero) is 1. The van der Waals surface area contributed by atoms with Crippen molar-refractivity contribution in [3.63, 3.8) is 0 Å². The summed E-state index contributed by atoms with van der Waals surface area (Å²) >= 11 is 1.61. The van der Waals surface area contributed by atoms with Crippen molar-refractivity contribution < 1.29 is 4.79 Å². The first-order valence-electron chi connectivity index (χ1n) is 2.68. The number of hydrogen-bond donors (Lipinski definition) is 0. The van der Waals surface area contributed by atoms with Crippen LogP contribution in [0.4, 0.5) is 0 Å². The highest BCUT2D eigenvalue weighted by molar-refractivity contribution is 7.99. The van der Waals surface area contributed by atoms with Crippen molar-refractivity contribution in [2.24, 2.45) is 4.99 Å². The van der Waals surface area contributed by atoms with Gasteiger partial charge in [-0.1, -0.05) is 0 Å². The van der Waals surface area contributed by atoms with E-state index in [0.717, 1.165) is 5.75 Å². The molecule has 0 aromatic heterocycles. The Kier molecular flexibility index (Phi) is 4.40. The van der Waals surface area contributed by atoms with Gasteiger partial charge in [-0.2, -0.15) is 11.8 Å². The molecule has 0 radical (unpaired) electrons. The molecule has 0 aliphatic heterocycles. The molecule has 0 aliphatic rings. The van der Waals surface area contributed by atoms with Crippen molar-refractivity contribution in [1.82, 2.24) is 0 Å². The Balaban J connectivity index is 3.85. The van der Waals surface area contributed by atoms with Crippen LogP contribution in [-0.2, 0) is 4.79 Å². The maximum atomic E-state index is 10.6. The molecule has 0 atom stereocenters. The zero-order valence-electron chi connectivity index (χ0n) is 5.97. The maximum absolute atomic E-state index is 10.6. The van der Waals surface area contributed by atoms with Crippen molar-refractivity contribution in [3.8, 4) is 0 Å². The van der Waals surface area contributed by atoms with Gasteiger partial charge >= 0.3 is 0 Å². The fraction of sp³-hybridized carbons (Fsp3) is 0.667. The van der Waals surface area contributed by atoms with Crippen molar-refractivity contribution in [2.45, 2.75) is 6.92 Å². The third-order valence-corrected chi connectivity index (χ3v) is 1.52. The minimum atomic E-state index is 0.0758. The summed E-state index contributed by atoms with van der Waals surface area (Å²) in [4.78, 5) is 14.4. The second kappa shape index (κ2) is 4.56. The van der Waals surface area contributed by atoms with E-state index in [0.29, 0.717) is 5.71 Å². The summed E-state index contributed by atoms with van der Waals surface area (Å²) in [6, 6.07) is 0. The lowest BCUT2D eigenvalue weighted by molar-refractivity contribution is -0.111. The van der Waals surface area contributed by atoms with E-state index < -0.39 is 0 Å². The zero-order chi connectivity index (χ0) is 7.28. The summed E-state index contributed by atoms with van der Waals surface area (Å²) in [5.41, 5.74) is 0.669. The van der Waals surface area contributed by atoms with Crippen LogP contribution in [0, 0.1) is 0 Å². The van der Waals surface area contributed by atoms with Crippen LogP contribution in [0.1, 0.15) is 6.92 Å². The molecule has 0 saturated heterocycles. The van der Waals surface area contributed by atoms with Gasteiger partial charge in [0.1, 0.15) is 0 Å². The first kappa shape index (κ1) is 8.69. The fourth-order valence-corrected chi connectivity index (χ4v) is 1.07. The van der Waals surface area contributed by atoms with Crippen LogP contribution in [0.15, 0.2) is 4.99 Å². The van der Waals surface area contributed by atoms with E-state index >= 15 is 0 Å². The number of rotatable bonds is 3. The molecule has 3 heteroatoms. The van der Waals surface area contributed by atoms with Gasteiger partial charge in [0, 0.05) is 19.7 Å². The Morgan fingerprint density at radius 2 is 2.22 bits per heavy atom. The summed E-state index contributed by atoms with van der Waals surface area (Å²) < 4.78 is 0. The van der Waals surface area contributed by atoms with E-state index in [4.69, 9.17) is 0 Å². The lowest BCUT2D eigenvalue weighted by atomic mass is 10.3. The molecular weight excluding hydrogens is 134 g/mol. The normalized spacial score (nSPS) is 11.7. The summed E-state index contributed by atoms with van der Waals surface area (Å²) in [5, 5.41) is 0. The average Bonchev–Trinajstić information content (AvgIpc) is 1.82. The second-order valence-corrected chi connectivity index (χ2v) is 2.53. The van der Waals surface area contributed by atoms with Crippen LogP contribution in [0.5, 0.6) is 0 Å². The van der Waals surface area contributed by atoms with Crippen molar-refractivity contribution in [1.29, 1.82) is 0 Å². The van der Waals surface area contributed by atoms with Crippen LogP contribution in [0.25, 0.3) is 0 Å². The van der Waals surface area contributed by atoms with Crippen molar-refractivity contribution in [2.75, 3.05) is 19.1 Å². The van der Waals surface area contributed by atoms with E-state index in [1.807, 2.05) is 6.26 Å². The number of nitrogens with zero attached hydrogens (tertiary/aromatic N) is 1. The summed E-state index contributed by atoms with van der Waals surface area (Å²) in [5.74, 6) is 0.804. The number of thioether (sulfide) groups is 1. The van der Waals surface area contributed by atoms with E-state index in [-0.39, 0.29) is 5.78 Å². The molecule has 0 aromatic carbocycles. The largest absolute Gasteiger partial charge is 0.293 e. The predicted molar refractivity (Wildman–Crippen MR) is 42.4 cm³/mol. The molecule has 2 nitrogen and oxygen atoms in total. The second-order valence-electron chi connectivity index (χ2n) is 1.66. The Labute approximate surface area is 59.7 Å². The van der Waals surface area contributed by atoms with Crippen molar-refractivity contribution >= 4 is 23.3 Å². The van der Waals surface area contributed by atoms with Crippen molar-refractivity contribution in [3.05, 3.63) is 0 Å². The minimum absolute atomic E-state index is 0.0758. The van der Waals surface area contributed by atoms with Crippen LogP contribution in [0.3, 0.4) is 0 Å². The highest BCUT2D eigenvalue weighted by Crippen LogP contribution is 1.93. The van der Waals surface area contributed by atoms with Gasteiger partial charge in [0.2, 0.25) is 0 Å². The van der Waals surface area contributed by atoms with Gasteiger partial charge in [-0.05, 0) is 6.26 Å². The monoisotopic (exact) mass is 145 g/mol. The van der Waals surface area contributed by atoms with Crippen LogP contribution in [-0.4, -0.2) is 30.6 Å². The average molecular weight is 145 g/mol. The summed E-state index contributed by atoms with van der Waals surface area (Å²) in [7, 11) is 1.65. The fourth-order valence-electron chi connectivity index (χ4n) is 0.460. The molecule has 0 heterocycles. The van der Waals surface area contributed by atoms with E-state index in [1.54, 1.807) is 25.7 Å². The number of aliphatic imine (C=N–C) groups is 1. The molecule has 0 saturated carbocycles. The van der Waals surface area contributed by atoms with Crippen LogP contribution >= 0.6 is 11.8 Å². The topological polar surface area (TPSA) is 29.4 Å². The van der Waals surface area contributed by atoms with E-state index in [2.05, 4.69) is 4.99 Å². The van der Waals surface area contributed by atoms with Crippen LogP contribution < -0.4 is 0 Å². The first-order valence-corrected chi connectivity index (χ1v) is 4.07. The minimum Gasteiger partial charge on any atom is -0.293 e. The smallest absolute Gasteiger partial charge is 0.174 e. The van der Waals surface area contributed by atoms with E-state index in [9.17, 15) is 4.79 Å². The highest BCUT2D eigenvalue weighted by Gasteiger charge is 2.01. The van der Waals surface area contributed by atoms with E-state index in [1.165, 1.54) is 0 Å². The third-order valence-electron chi connectivity index (χ3n) is 0.957. The van der Waals surface area contributed by atoms with Gasteiger partial charge in [0.25, 0.3) is 0 Å². The molecule has 0 spiro atoms. The molecule has 0 N–H and O–H groups in total. The molecule has 0 amide bonds. The lowest BCUT2D eigenvalue weighted by Crippen LogP contribution is -2.12. The SMILES string of the molecule is C/N=C(/CSC)C(C)=O. The standard InChI is InChI=1S/C6H11NOS/c1-5(8)6(7-2)4-9-3/h4H2,1-3H3/b7-6-. The third kappa shape index (κ3) is 3.30. The quantitative estimate of drug-likeness (QED) is 0.555. The van der Waals surface area contributed by atoms with Crippen LogP contribution in [0.2, 0.25) is 0 Å². The molecule has 0 aromatic rings. The number of carbonyl (C=O) groups excluding carboxylic acids is 1. The highest BCUT2D eigenvalue weighted by atomic mass is 32.2. The Bertz CT molecular complexity index is 131. The van der Waals surface area contributed by atoms with Gasteiger partial charge in [0.15, 0.2) is 5.78 Å². The molecule has 0 bridgehead atoms. The lowest BCUT2D eigenvalue weighted by Gasteiger charge is -1.95. The molecule has 52 valence electrons. The van der Waals surface area contributed by atoms with Gasteiger partial charge in [-0.15, -0.1) is 0 Å². The molecule has 0 fully saturated rings.